The molecule has 0 aliphatic rings. The molecule has 1 heterocycles. The van der Waals surface area contributed by atoms with Crippen molar-refractivity contribution in [3.63, 3.8) is 0 Å². The van der Waals surface area contributed by atoms with Gasteiger partial charge in [0.25, 0.3) is 9.05 Å². The molecule has 0 saturated heterocycles. The number of esters is 1. The molecule has 0 radical (unpaired) electrons. The zero-order chi connectivity index (χ0) is 11.8. The Hall–Kier alpha value is -0.530. The Morgan fingerprint density at radius 3 is 2.47 bits per heavy atom. The van der Waals surface area contributed by atoms with Crippen molar-refractivity contribution in [1.82, 2.24) is 4.57 Å². The predicted molar refractivity (Wildman–Crippen MR) is 57.5 cm³/mol. The summed E-state index contributed by atoms with van der Waals surface area (Å²) in [6, 6.07) is 0. The van der Waals surface area contributed by atoms with E-state index < -0.39 is 15.0 Å². The molecule has 0 fully saturated rings. The number of aromatic nitrogens is 1. The van der Waals surface area contributed by atoms with Crippen LogP contribution >= 0.6 is 26.6 Å². The molecule has 8 heteroatoms. The lowest BCUT2D eigenvalue weighted by Gasteiger charge is -2.02. The molecule has 0 spiro atoms. The molecule has 1 aromatic rings. The molecule has 0 aliphatic heterocycles. The van der Waals surface area contributed by atoms with Crippen LogP contribution in [0, 0.1) is 0 Å². The summed E-state index contributed by atoms with van der Waals surface area (Å²) in [5, 5.41) is 0. The third-order valence-corrected chi connectivity index (χ3v) is 3.90. The van der Waals surface area contributed by atoms with E-state index in [0.29, 0.717) is 0 Å². The molecule has 84 valence electrons. The Kier molecular flexibility index (Phi) is 3.47. The summed E-state index contributed by atoms with van der Waals surface area (Å²) in [5.74, 6) is -0.447. The van der Waals surface area contributed by atoms with Crippen LogP contribution in [0.4, 0.5) is 0 Å². The number of hydrogen-bond donors (Lipinski definition) is 0. The van der Waals surface area contributed by atoms with Crippen LogP contribution in [0.1, 0.15) is 6.92 Å². The molecule has 0 bridgehead atoms. The minimum absolute atomic E-state index is 0.0988. The van der Waals surface area contributed by atoms with Gasteiger partial charge >= 0.3 is 5.97 Å². The Balaban J connectivity index is 3.33. The van der Waals surface area contributed by atoms with E-state index in [1.807, 2.05) is 0 Å². The average molecular weight is 317 g/mol. The van der Waals surface area contributed by atoms with Gasteiger partial charge in [0.2, 0.25) is 5.88 Å². The molecule has 0 aromatic carbocycles. The molecule has 0 atom stereocenters. The van der Waals surface area contributed by atoms with Gasteiger partial charge in [0, 0.05) is 30.9 Å². The molecule has 5 nitrogen and oxygen atoms in total. The number of aryl methyl sites for hydroxylation is 1. The molecule has 1 aromatic heterocycles. The fourth-order valence-corrected chi connectivity index (χ4v) is 3.29. The van der Waals surface area contributed by atoms with E-state index in [-0.39, 0.29) is 15.2 Å². The van der Waals surface area contributed by atoms with E-state index in [1.54, 1.807) is 0 Å². The fourth-order valence-electron chi connectivity index (χ4n) is 0.974. The second-order valence-corrected chi connectivity index (χ2v) is 6.08. The Morgan fingerprint density at radius 2 is 2.13 bits per heavy atom. The van der Waals surface area contributed by atoms with Gasteiger partial charge in [-0.1, -0.05) is 0 Å². The Bertz CT molecular complexity index is 507. The van der Waals surface area contributed by atoms with Crippen molar-refractivity contribution in [3.05, 3.63) is 10.7 Å². The maximum Gasteiger partial charge on any atom is 0.309 e. The maximum atomic E-state index is 11.1. The zero-order valence-corrected chi connectivity index (χ0v) is 11.0. The third-order valence-electron chi connectivity index (χ3n) is 1.54. The molecule has 15 heavy (non-hydrogen) atoms. The van der Waals surface area contributed by atoms with Crippen LogP contribution in [-0.2, 0) is 20.9 Å². The number of halogens is 2. The van der Waals surface area contributed by atoms with Crippen molar-refractivity contribution in [2.24, 2.45) is 7.05 Å². The minimum atomic E-state index is -3.86. The number of carbonyl (C=O) groups is 1. The molecule has 0 N–H and O–H groups in total. The first kappa shape index (κ1) is 12.5. The van der Waals surface area contributed by atoms with Gasteiger partial charge in [0.1, 0.15) is 4.90 Å². The first-order valence-electron chi connectivity index (χ1n) is 3.71. The van der Waals surface area contributed by atoms with E-state index in [1.165, 1.54) is 24.7 Å². The van der Waals surface area contributed by atoms with Gasteiger partial charge in [-0.3, -0.25) is 4.79 Å². The highest BCUT2D eigenvalue weighted by Crippen LogP contribution is 2.35. The predicted octanol–water partition coefficient (Wildman–Crippen LogP) is 1.64. The van der Waals surface area contributed by atoms with Gasteiger partial charge in [0.15, 0.2) is 0 Å². The van der Waals surface area contributed by atoms with Crippen molar-refractivity contribution in [2.75, 3.05) is 0 Å². The summed E-state index contributed by atoms with van der Waals surface area (Å²) in [5.41, 5.74) is 0. The number of nitrogens with zero attached hydrogens (tertiary/aromatic N) is 1. The van der Waals surface area contributed by atoms with E-state index in [9.17, 15) is 13.2 Å². The zero-order valence-electron chi connectivity index (χ0n) is 7.82. The normalized spacial score (nSPS) is 11.5. The number of carbonyl (C=O) groups excluding carboxylic acids is 1. The van der Waals surface area contributed by atoms with Gasteiger partial charge in [-0.15, -0.1) is 0 Å². The molecule has 0 unspecified atom stereocenters. The average Bonchev–Trinajstić information content (AvgIpc) is 2.30. The highest BCUT2D eigenvalue weighted by atomic mass is 79.9. The number of hydrogen-bond acceptors (Lipinski definition) is 4. The summed E-state index contributed by atoms with van der Waals surface area (Å²) in [4.78, 5) is 10.6. The van der Waals surface area contributed by atoms with Crippen LogP contribution in [0.3, 0.4) is 0 Å². The molecular formula is C7H7BrClNO4S. The lowest BCUT2D eigenvalue weighted by atomic mass is 10.6. The van der Waals surface area contributed by atoms with Gasteiger partial charge in [-0.25, -0.2) is 8.42 Å². The van der Waals surface area contributed by atoms with Crippen molar-refractivity contribution in [3.8, 4) is 5.88 Å². The first-order chi connectivity index (χ1) is 6.73. The quantitative estimate of drug-likeness (QED) is 0.614. The van der Waals surface area contributed by atoms with Gasteiger partial charge in [0.05, 0.1) is 4.47 Å². The highest BCUT2D eigenvalue weighted by Gasteiger charge is 2.23. The van der Waals surface area contributed by atoms with E-state index in [2.05, 4.69) is 15.9 Å². The topological polar surface area (TPSA) is 65.4 Å². The fraction of sp³-hybridized carbons (Fsp3) is 0.286. The van der Waals surface area contributed by atoms with Crippen molar-refractivity contribution in [1.29, 1.82) is 0 Å². The van der Waals surface area contributed by atoms with Crippen LogP contribution in [0.2, 0.25) is 0 Å². The van der Waals surface area contributed by atoms with Crippen molar-refractivity contribution in [2.45, 2.75) is 11.8 Å². The molecule has 0 saturated carbocycles. The van der Waals surface area contributed by atoms with Gasteiger partial charge in [-0.2, -0.15) is 0 Å². The molecule has 0 amide bonds. The Labute approximate surface area is 99.5 Å². The van der Waals surface area contributed by atoms with Gasteiger partial charge < -0.3 is 9.30 Å². The van der Waals surface area contributed by atoms with Crippen LogP contribution in [-0.4, -0.2) is 19.0 Å². The lowest BCUT2D eigenvalue weighted by molar-refractivity contribution is -0.132. The largest absolute Gasteiger partial charge is 0.408 e. The summed E-state index contributed by atoms with van der Waals surface area (Å²) in [6.45, 7) is 1.22. The van der Waals surface area contributed by atoms with Crippen LogP contribution < -0.4 is 4.74 Å². The first-order valence-corrected chi connectivity index (χ1v) is 6.81. The summed E-state index contributed by atoms with van der Waals surface area (Å²) >= 11 is 3.00. The third kappa shape index (κ3) is 2.73. The molecular weight excluding hydrogens is 310 g/mol. The maximum absolute atomic E-state index is 11.1. The molecule has 0 aliphatic carbocycles. The number of ether oxygens (including phenoxy) is 1. The second kappa shape index (κ2) is 4.15. The van der Waals surface area contributed by atoms with Crippen molar-refractivity contribution < 1.29 is 17.9 Å². The van der Waals surface area contributed by atoms with Crippen molar-refractivity contribution >= 4 is 41.6 Å². The second-order valence-electron chi connectivity index (χ2n) is 2.75. The van der Waals surface area contributed by atoms with Gasteiger partial charge in [-0.05, 0) is 15.9 Å². The SMILES string of the molecule is CC(=O)Oc1c(Br)c(S(=O)(=O)Cl)cn1C. The van der Waals surface area contributed by atoms with Crippen LogP contribution in [0.15, 0.2) is 15.6 Å². The standard InChI is InChI=1S/C7H7BrClNO4S/c1-4(11)14-7-6(8)5(3-10(7)2)15(9,12)13/h3H,1-2H3. The highest BCUT2D eigenvalue weighted by molar-refractivity contribution is 9.10. The summed E-state index contributed by atoms with van der Waals surface area (Å²) in [6.07, 6.45) is 1.25. The smallest absolute Gasteiger partial charge is 0.309 e. The number of rotatable bonds is 2. The van der Waals surface area contributed by atoms with Crippen LogP contribution in [0.25, 0.3) is 0 Å². The van der Waals surface area contributed by atoms with E-state index in [0.717, 1.165) is 0 Å². The summed E-state index contributed by atoms with van der Waals surface area (Å²) in [7, 11) is 2.85. The van der Waals surface area contributed by atoms with E-state index in [4.69, 9.17) is 15.4 Å². The van der Waals surface area contributed by atoms with E-state index >= 15 is 0 Å². The minimum Gasteiger partial charge on any atom is -0.408 e. The lowest BCUT2D eigenvalue weighted by Crippen LogP contribution is -2.05. The Morgan fingerprint density at radius 1 is 1.60 bits per heavy atom. The summed E-state index contributed by atoms with van der Waals surface area (Å²) < 4.78 is 28.5. The van der Waals surface area contributed by atoms with Crippen LogP contribution in [0.5, 0.6) is 5.88 Å². The monoisotopic (exact) mass is 315 g/mol. The molecule has 1 rings (SSSR count).